The number of fused-ring (bicyclic) bond motifs is 1. The van der Waals surface area contributed by atoms with Crippen LogP contribution in [-0.4, -0.2) is 69.0 Å². The average Bonchev–Trinajstić information content (AvgIpc) is 3.40. The number of aromatic nitrogens is 4. The minimum Gasteiger partial charge on any atom is -0.351 e. The third-order valence-corrected chi connectivity index (χ3v) is 5.17. The van der Waals surface area contributed by atoms with Crippen LogP contribution < -0.4 is 0 Å². The van der Waals surface area contributed by atoms with Crippen molar-refractivity contribution < 1.29 is 9.59 Å². The summed E-state index contributed by atoms with van der Waals surface area (Å²) in [6.45, 7) is 1.32. The number of carbonyl (C=O) groups excluding carboxylic acids is 2. The molecule has 0 radical (unpaired) electrons. The number of hydrogen-bond donors (Lipinski definition) is 2. The highest BCUT2D eigenvalue weighted by molar-refractivity contribution is 5.98. The molecule has 4 rings (SSSR count). The molecule has 1 aliphatic heterocycles. The predicted octanol–water partition coefficient (Wildman–Crippen LogP) is 2.24. The molecular formula is C21H24N6O2. The van der Waals surface area contributed by atoms with Crippen LogP contribution in [0.3, 0.4) is 0 Å². The van der Waals surface area contributed by atoms with Crippen molar-refractivity contribution in [1.29, 1.82) is 0 Å². The maximum Gasteiger partial charge on any atom is 0.269 e. The van der Waals surface area contributed by atoms with Crippen molar-refractivity contribution in [1.82, 2.24) is 30.0 Å². The number of aromatic amines is 2. The van der Waals surface area contributed by atoms with Gasteiger partial charge in [-0.2, -0.15) is 5.10 Å². The lowest BCUT2D eigenvalue weighted by atomic mass is 10.00. The highest BCUT2D eigenvalue weighted by atomic mass is 16.2. The van der Waals surface area contributed by atoms with E-state index in [2.05, 4.69) is 38.4 Å². The molecule has 0 saturated carbocycles. The van der Waals surface area contributed by atoms with Gasteiger partial charge in [0, 0.05) is 50.9 Å². The van der Waals surface area contributed by atoms with Crippen LogP contribution in [0.15, 0.2) is 36.7 Å². The summed E-state index contributed by atoms with van der Waals surface area (Å²) in [6, 6.07) is 7.99. The van der Waals surface area contributed by atoms with E-state index in [-0.39, 0.29) is 11.8 Å². The first-order chi connectivity index (χ1) is 14.0. The highest BCUT2D eigenvalue weighted by Crippen LogP contribution is 2.26. The Morgan fingerprint density at radius 2 is 2.10 bits per heavy atom. The van der Waals surface area contributed by atoms with Gasteiger partial charge in [-0.05, 0) is 29.7 Å². The zero-order valence-electron chi connectivity index (χ0n) is 16.6. The Kier molecular flexibility index (Phi) is 5.16. The van der Waals surface area contributed by atoms with Crippen LogP contribution in [-0.2, 0) is 11.2 Å². The number of carbonyl (C=O) groups is 2. The summed E-state index contributed by atoms with van der Waals surface area (Å²) in [7, 11) is 3.47. The first-order valence-electron chi connectivity index (χ1n) is 9.67. The van der Waals surface area contributed by atoms with Gasteiger partial charge in [-0.25, -0.2) is 4.98 Å². The van der Waals surface area contributed by atoms with Gasteiger partial charge in [0.15, 0.2) is 0 Å². The smallest absolute Gasteiger partial charge is 0.269 e. The van der Waals surface area contributed by atoms with Gasteiger partial charge in [-0.15, -0.1) is 0 Å². The van der Waals surface area contributed by atoms with E-state index < -0.39 is 0 Å². The van der Waals surface area contributed by atoms with Gasteiger partial charge in [-0.1, -0.05) is 18.2 Å². The molecule has 8 nitrogen and oxygen atoms in total. The largest absolute Gasteiger partial charge is 0.351 e. The van der Waals surface area contributed by atoms with Crippen LogP contribution >= 0.6 is 0 Å². The number of nitrogens with zero attached hydrogens (tertiary/aromatic N) is 4. The monoisotopic (exact) mass is 392 g/mol. The van der Waals surface area contributed by atoms with E-state index >= 15 is 0 Å². The number of amides is 2. The van der Waals surface area contributed by atoms with Crippen molar-refractivity contribution in [3.63, 3.8) is 0 Å². The highest BCUT2D eigenvalue weighted by Gasteiger charge is 2.20. The number of hydrogen-bond acceptors (Lipinski definition) is 4. The van der Waals surface area contributed by atoms with Gasteiger partial charge < -0.3 is 14.8 Å². The zero-order chi connectivity index (χ0) is 20.4. The van der Waals surface area contributed by atoms with Crippen LogP contribution in [0.1, 0.15) is 34.7 Å². The fourth-order valence-electron chi connectivity index (χ4n) is 3.58. The topological polar surface area (TPSA) is 98.0 Å². The van der Waals surface area contributed by atoms with E-state index in [4.69, 9.17) is 0 Å². The number of benzene rings is 1. The summed E-state index contributed by atoms with van der Waals surface area (Å²) in [4.78, 5) is 35.5. The molecular weight excluding hydrogens is 368 g/mol. The minimum absolute atomic E-state index is 0.0526. The fourth-order valence-corrected chi connectivity index (χ4v) is 3.58. The minimum atomic E-state index is -0.0526. The Balaban J connectivity index is 1.47. The van der Waals surface area contributed by atoms with Crippen LogP contribution in [0.25, 0.3) is 16.5 Å². The molecule has 0 bridgehead atoms. The second kappa shape index (κ2) is 7.90. The van der Waals surface area contributed by atoms with Gasteiger partial charge in [0.2, 0.25) is 5.91 Å². The summed E-state index contributed by atoms with van der Waals surface area (Å²) in [5, 5.41) is 7.60. The summed E-state index contributed by atoms with van der Waals surface area (Å²) in [5.41, 5.74) is 3.68. The summed E-state index contributed by atoms with van der Waals surface area (Å²) in [5.74, 6) is 0.793. The van der Waals surface area contributed by atoms with E-state index in [1.807, 2.05) is 17.0 Å². The van der Waals surface area contributed by atoms with E-state index in [1.54, 1.807) is 19.0 Å². The second-order valence-electron chi connectivity index (χ2n) is 7.45. The van der Waals surface area contributed by atoms with E-state index in [1.165, 1.54) is 6.33 Å². The molecule has 1 aliphatic rings. The zero-order valence-corrected chi connectivity index (χ0v) is 16.6. The van der Waals surface area contributed by atoms with E-state index in [0.717, 1.165) is 40.8 Å². The normalized spacial score (nSPS) is 14.1. The molecule has 0 unspecified atom stereocenters. The Bertz CT molecular complexity index is 1060. The lowest BCUT2D eigenvalue weighted by molar-refractivity contribution is -0.130. The molecule has 2 amide bonds. The summed E-state index contributed by atoms with van der Waals surface area (Å²) < 4.78 is 0. The molecule has 0 spiro atoms. The summed E-state index contributed by atoms with van der Waals surface area (Å²) >= 11 is 0. The Labute approximate surface area is 168 Å². The third-order valence-electron chi connectivity index (χ3n) is 5.17. The Morgan fingerprint density at radius 1 is 1.24 bits per heavy atom. The molecule has 0 atom stereocenters. The first kappa shape index (κ1) is 18.9. The van der Waals surface area contributed by atoms with Crippen molar-refractivity contribution in [2.75, 3.05) is 27.2 Å². The van der Waals surface area contributed by atoms with Crippen molar-refractivity contribution in [2.24, 2.45) is 0 Å². The Hall–Kier alpha value is -3.42. The van der Waals surface area contributed by atoms with E-state index in [9.17, 15) is 9.59 Å². The van der Waals surface area contributed by atoms with Gasteiger partial charge in [-0.3, -0.25) is 14.7 Å². The standard InChI is InChI=1S/C21H24N6O2/c1-26(2)21(29)18-11-15-6-5-14(10-17(15)24-18)16-4-3-9-27(12-16)20(28)8-7-19-22-13-23-25-19/h4-6,10-11,13,24H,3,7-9,12H2,1-2H3,(H,22,23,25). The first-order valence-corrected chi connectivity index (χ1v) is 9.67. The summed E-state index contributed by atoms with van der Waals surface area (Å²) in [6.07, 6.45) is 5.45. The molecule has 3 aromatic rings. The number of rotatable bonds is 5. The predicted molar refractivity (Wildman–Crippen MR) is 110 cm³/mol. The van der Waals surface area contributed by atoms with Gasteiger partial charge >= 0.3 is 0 Å². The van der Waals surface area contributed by atoms with Crippen LogP contribution in [0.5, 0.6) is 0 Å². The quantitative estimate of drug-likeness (QED) is 0.696. The second-order valence-corrected chi connectivity index (χ2v) is 7.45. The molecule has 1 aromatic carbocycles. The van der Waals surface area contributed by atoms with Crippen molar-refractivity contribution >= 4 is 28.3 Å². The van der Waals surface area contributed by atoms with Crippen molar-refractivity contribution in [2.45, 2.75) is 19.3 Å². The van der Waals surface area contributed by atoms with E-state index in [0.29, 0.717) is 25.1 Å². The lowest BCUT2D eigenvalue weighted by Gasteiger charge is -2.27. The maximum absolute atomic E-state index is 12.6. The molecule has 8 heteroatoms. The molecule has 2 N–H and O–H groups in total. The molecule has 0 aliphatic carbocycles. The number of H-pyrrole nitrogens is 2. The molecule has 3 heterocycles. The van der Waals surface area contributed by atoms with Crippen LogP contribution in [0.2, 0.25) is 0 Å². The van der Waals surface area contributed by atoms with Crippen LogP contribution in [0.4, 0.5) is 0 Å². The van der Waals surface area contributed by atoms with Gasteiger partial charge in [0.25, 0.3) is 5.91 Å². The number of nitrogens with one attached hydrogen (secondary N) is 2. The van der Waals surface area contributed by atoms with Crippen molar-refractivity contribution in [3.05, 3.63) is 53.8 Å². The molecule has 29 heavy (non-hydrogen) atoms. The van der Waals surface area contributed by atoms with Crippen LogP contribution in [0, 0.1) is 0 Å². The Morgan fingerprint density at radius 3 is 2.86 bits per heavy atom. The molecule has 150 valence electrons. The lowest BCUT2D eigenvalue weighted by Crippen LogP contribution is -2.35. The SMILES string of the molecule is CN(C)C(=O)c1cc2ccc(C3=CCCN(C(=O)CCc4ncn[nH]4)C3)cc2[nH]1. The molecule has 0 saturated heterocycles. The van der Waals surface area contributed by atoms with Crippen molar-refractivity contribution in [3.8, 4) is 0 Å². The van der Waals surface area contributed by atoms with Gasteiger partial charge in [0.1, 0.15) is 17.8 Å². The number of aryl methyl sites for hydroxylation is 1. The maximum atomic E-state index is 12.6. The third kappa shape index (κ3) is 4.06. The molecule has 2 aromatic heterocycles. The average molecular weight is 392 g/mol. The molecule has 0 fully saturated rings. The fraction of sp³-hybridized carbons (Fsp3) is 0.333. The van der Waals surface area contributed by atoms with Gasteiger partial charge in [0.05, 0.1) is 0 Å².